The van der Waals surface area contributed by atoms with Gasteiger partial charge in [0.1, 0.15) is 0 Å². The standard InChI is InChI=1S/C24H28N2O4/c1-18(2)26(21-11-7-4-8-12-21)23(28)17-30-24(29)20-15-22(27)25(16-20)14-13-19-9-5-3-6-10-19/h3-12,18,20H,13-17H2,1-2H3/t20-/m0/s1. The molecule has 6 heteroatoms. The lowest BCUT2D eigenvalue weighted by molar-refractivity contribution is -0.151. The number of carbonyl (C=O) groups is 3. The zero-order valence-electron chi connectivity index (χ0n) is 17.5. The topological polar surface area (TPSA) is 66.9 Å². The van der Waals surface area contributed by atoms with Crippen molar-refractivity contribution in [1.29, 1.82) is 0 Å². The molecule has 0 spiro atoms. The van der Waals surface area contributed by atoms with Gasteiger partial charge in [-0.25, -0.2) is 0 Å². The molecule has 3 rings (SSSR count). The molecule has 1 fully saturated rings. The molecule has 1 heterocycles. The third kappa shape index (κ3) is 5.47. The minimum atomic E-state index is -0.523. The van der Waals surface area contributed by atoms with Gasteiger partial charge in [0, 0.05) is 31.2 Å². The van der Waals surface area contributed by atoms with Crippen LogP contribution in [-0.2, 0) is 25.5 Å². The van der Waals surface area contributed by atoms with Crippen molar-refractivity contribution in [2.24, 2.45) is 5.92 Å². The highest BCUT2D eigenvalue weighted by Gasteiger charge is 2.35. The Balaban J connectivity index is 1.51. The molecular weight excluding hydrogens is 380 g/mol. The van der Waals surface area contributed by atoms with E-state index in [-0.39, 0.29) is 30.9 Å². The van der Waals surface area contributed by atoms with Gasteiger partial charge < -0.3 is 14.5 Å². The number of nitrogens with zero attached hydrogens (tertiary/aromatic N) is 2. The lowest BCUT2D eigenvalue weighted by Gasteiger charge is -2.26. The summed E-state index contributed by atoms with van der Waals surface area (Å²) in [7, 11) is 0. The first-order valence-electron chi connectivity index (χ1n) is 10.3. The number of rotatable bonds is 8. The Kier molecular flexibility index (Phi) is 7.22. The fraction of sp³-hybridized carbons (Fsp3) is 0.375. The van der Waals surface area contributed by atoms with E-state index in [0.29, 0.717) is 13.1 Å². The van der Waals surface area contributed by atoms with Crippen molar-refractivity contribution in [3.8, 4) is 0 Å². The van der Waals surface area contributed by atoms with E-state index in [0.717, 1.165) is 17.7 Å². The van der Waals surface area contributed by atoms with Gasteiger partial charge in [0.05, 0.1) is 5.92 Å². The molecule has 1 saturated heterocycles. The molecule has 0 aromatic heterocycles. The summed E-state index contributed by atoms with van der Waals surface area (Å²) in [6, 6.07) is 19.2. The molecule has 0 N–H and O–H groups in total. The molecule has 2 amide bonds. The van der Waals surface area contributed by atoms with Crippen molar-refractivity contribution >= 4 is 23.5 Å². The smallest absolute Gasteiger partial charge is 0.311 e. The molecule has 1 aliphatic rings. The quantitative estimate of drug-likeness (QED) is 0.630. The molecule has 1 aliphatic heterocycles. The summed E-state index contributed by atoms with van der Waals surface area (Å²) in [6.07, 6.45) is 0.877. The van der Waals surface area contributed by atoms with Crippen LogP contribution in [0.2, 0.25) is 0 Å². The fourth-order valence-electron chi connectivity index (χ4n) is 3.69. The van der Waals surface area contributed by atoms with Crippen molar-refractivity contribution < 1.29 is 19.1 Å². The van der Waals surface area contributed by atoms with Gasteiger partial charge in [0.25, 0.3) is 5.91 Å². The van der Waals surface area contributed by atoms with Gasteiger partial charge in [0.15, 0.2) is 6.61 Å². The minimum absolute atomic E-state index is 0.0488. The molecule has 0 bridgehead atoms. The van der Waals surface area contributed by atoms with Crippen LogP contribution in [0.1, 0.15) is 25.8 Å². The molecule has 0 unspecified atom stereocenters. The van der Waals surface area contributed by atoms with Gasteiger partial charge in [-0.05, 0) is 38.0 Å². The molecule has 0 radical (unpaired) electrons. The van der Waals surface area contributed by atoms with Gasteiger partial charge in [-0.3, -0.25) is 14.4 Å². The van der Waals surface area contributed by atoms with Crippen molar-refractivity contribution in [2.45, 2.75) is 32.7 Å². The Morgan fingerprint density at radius 1 is 1.07 bits per heavy atom. The van der Waals surface area contributed by atoms with Crippen molar-refractivity contribution in [2.75, 3.05) is 24.6 Å². The predicted molar refractivity (Wildman–Crippen MR) is 115 cm³/mol. The summed E-state index contributed by atoms with van der Waals surface area (Å²) in [6.45, 7) is 4.40. The van der Waals surface area contributed by atoms with Gasteiger partial charge in [0.2, 0.25) is 5.91 Å². The van der Waals surface area contributed by atoms with E-state index in [1.165, 1.54) is 0 Å². The maximum absolute atomic E-state index is 12.7. The molecule has 0 aliphatic carbocycles. The molecule has 0 saturated carbocycles. The number of anilines is 1. The average Bonchev–Trinajstić information content (AvgIpc) is 3.12. The van der Waals surface area contributed by atoms with Crippen LogP contribution in [-0.4, -0.2) is 48.4 Å². The molecule has 6 nitrogen and oxygen atoms in total. The number of benzene rings is 2. The van der Waals surface area contributed by atoms with Crippen LogP contribution >= 0.6 is 0 Å². The SMILES string of the molecule is CC(C)N(C(=O)COC(=O)[C@H]1CC(=O)N(CCc2ccccc2)C1)c1ccccc1. The summed E-state index contributed by atoms with van der Waals surface area (Å²) < 4.78 is 5.29. The maximum atomic E-state index is 12.7. The number of hydrogen-bond donors (Lipinski definition) is 0. The van der Waals surface area contributed by atoms with Crippen LogP contribution in [0.4, 0.5) is 5.69 Å². The zero-order chi connectivity index (χ0) is 21.5. The van der Waals surface area contributed by atoms with Crippen LogP contribution < -0.4 is 4.90 Å². The molecule has 30 heavy (non-hydrogen) atoms. The number of hydrogen-bond acceptors (Lipinski definition) is 4. The number of amides is 2. The third-order valence-corrected chi connectivity index (χ3v) is 5.22. The highest BCUT2D eigenvalue weighted by Crippen LogP contribution is 2.21. The predicted octanol–water partition coefficient (Wildman–Crippen LogP) is 3.06. The first-order chi connectivity index (χ1) is 14.5. The van der Waals surface area contributed by atoms with Crippen LogP contribution in [0.5, 0.6) is 0 Å². The van der Waals surface area contributed by atoms with E-state index in [4.69, 9.17) is 4.74 Å². The van der Waals surface area contributed by atoms with Crippen molar-refractivity contribution in [3.05, 3.63) is 66.2 Å². The second-order valence-electron chi connectivity index (χ2n) is 7.78. The summed E-state index contributed by atoms with van der Waals surface area (Å²) in [5.41, 5.74) is 1.91. The summed E-state index contributed by atoms with van der Waals surface area (Å²) >= 11 is 0. The first kappa shape index (κ1) is 21.6. The molecule has 2 aromatic carbocycles. The number of esters is 1. The Morgan fingerprint density at radius 3 is 2.33 bits per heavy atom. The second-order valence-corrected chi connectivity index (χ2v) is 7.78. The average molecular weight is 408 g/mol. The van der Waals surface area contributed by atoms with E-state index in [1.807, 2.05) is 74.5 Å². The highest BCUT2D eigenvalue weighted by atomic mass is 16.5. The van der Waals surface area contributed by atoms with E-state index in [1.54, 1.807) is 9.80 Å². The molecule has 1 atom stereocenters. The van der Waals surface area contributed by atoms with Crippen molar-refractivity contribution in [1.82, 2.24) is 4.90 Å². The molecule has 2 aromatic rings. The van der Waals surface area contributed by atoms with Crippen LogP contribution in [0.25, 0.3) is 0 Å². The van der Waals surface area contributed by atoms with Crippen LogP contribution in [0.15, 0.2) is 60.7 Å². The van der Waals surface area contributed by atoms with Gasteiger partial charge in [-0.15, -0.1) is 0 Å². The molecule has 158 valence electrons. The second kappa shape index (κ2) is 10.1. The largest absolute Gasteiger partial charge is 0.455 e. The Hall–Kier alpha value is -3.15. The highest BCUT2D eigenvalue weighted by molar-refractivity contribution is 5.96. The van der Waals surface area contributed by atoms with E-state index >= 15 is 0 Å². The summed E-state index contributed by atoms with van der Waals surface area (Å²) in [5, 5.41) is 0. The number of ether oxygens (including phenoxy) is 1. The Morgan fingerprint density at radius 2 is 1.70 bits per heavy atom. The van der Waals surface area contributed by atoms with E-state index < -0.39 is 11.9 Å². The van der Waals surface area contributed by atoms with Gasteiger partial charge >= 0.3 is 5.97 Å². The maximum Gasteiger partial charge on any atom is 0.311 e. The normalized spacial score (nSPS) is 16.0. The summed E-state index contributed by atoms with van der Waals surface area (Å²) in [5.74, 6) is -1.34. The van der Waals surface area contributed by atoms with Crippen LogP contribution in [0.3, 0.4) is 0 Å². The fourth-order valence-corrected chi connectivity index (χ4v) is 3.69. The van der Waals surface area contributed by atoms with E-state index in [9.17, 15) is 14.4 Å². The third-order valence-electron chi connectivity index (χ3n) is 5.22. The zero-order valence-corrected chi connectivity index (χ0v) is 17.5. The van der Waals surface area contributed by atoms with Gasteiger partial charge in [-0.2, -0.15) is 0 Å². The van der Waals surface area contributed by atoms with E-state index in [2.05, 4.69) is 0 Å². The minimum Gasteiger partial charge on any atom is -0.455 e. The number of carbonyl (C=O) groups excluding carboxylic acids is 3. The summed E-state index contributed by atoms with van der Waals surface area (Å²) in [4.78, 5) is 40.7. The number of para-hydroxylation sites is 1. The van der Waals surface area contributed by atoms with Gasteiger partial charge in [-0.1, -0.05) is 48.5 Å². The molecular formula is C24H28N2O4. The number of likely N-dealkylation sites (tertiary alicyclic amines) is 1. The Bertz CT molecular complexity index is 867. The first-order valence-corrected chi connectivity index (χ1v) is 10.3. The lowest BCUT2D eigenvalue weighted by Crippen LogP contribution is -2.40. The lowest BCUT2D eigenvalue weighted by atomic mass is 10.1. The Labute approximate surface area is 177 Å². The van der Waals surface area contributed by atoms with Crippen molar-refractivity contribution in [3.63, 3.8) is 0 Å². The monoisotopic (exact) mass is 408 g/mol. The van der Waals surface area contributed by atoms with Crippen LogP contribution in [0, 0.1) is 5.92 Å².